The minimum absolute atomic E-state index is 0.199. The molecule has 1 nitrogen and oxygen atoms in total. The van der Waals surface area contributed by atoms with E-state index in [1.165, 1.54) is 22.3 Å². The smallest absolute Gasteiger partial charge is 0.0579 e. The SMILES string of the molecule is CCNC(c1ccc(CC)cc1)c1cc(Cl)ccc1C. The molecule has 0 bridgehead atoms. The molecule has 1 atom stereocenters. The van der Waals surface area contributed by atoms with E-state index in [1.54, 1.807) is 0 Å². The van der Waals surface area contributed by atoms with Crippen LogP contribution >= 0.6 is 11.6 Å². The standard InChI is InChI=1S/C18H22ClN/c1-4-14-7-9-15(10-8-14)18(20-5-2)17-12-16(19)11-6-13(17)3/h6-12,18,20H,4-5H2,1-3H3. The summed E-state index contributed by atoms with van der Waals surface area (Å²) in [5.74, 6) is 0. The summed E-state index contributed by atoms with van der Waals surface area (Å²) < 4.78 is 0. The molecule has 0 saturated heterocycles. The summed E-state index contributed by atoms with van der Waals surface area (Å²) in [7, 11) is 0. The van der Waals surface area contributed by atoms with Gasteiger partial charge in [-0.2, -0.15) is 0 Å². The third kappa shape index (κ3) is 3.41. The largest absolute Gasteiger partial charge is 0.307 e. The number of hydrogen-bond donors (Lipinski definition) is 1. The molecule has 0 aromatic heterocycles. The molecule has 20 heavy (non-hydrogen) atoms. The fourth-order valence-electron chi connectivity index (χ4n) is 2.48. The van der Waals surface area contributed by atoms with Crippen molar-refractivity contribution in [2.45, 2.75) is 33.2 Å². The Hall–Kier alpha value is -1.31. The van der Waals surface area contributed by atoms with Crippen molar-refractivity contribution in [2.24, 2.45) is 0 Å². The van der Waals surface area contributed by atoms with Gasteiger partial charge in [-0.3, -0.25) is 0 Å². The molecule has 2 aromatic carbocycles. The lowest BCUT2D eigenvalue weighted by atomic mass is 9.94. The Morgan fingerprint density at radius 2 is 1.75 bits per heavy atom. The van der Waals surface area contributed by atoms with Crippen LogP contribution in [0.4, 0.5) is 0 Å². The molecule has 0 aliphatic rings. The molecule has 2 aromatic rings. The molecule has 0 spiro atoms. The monoisotopic (exact) mass is 287 g/mol. The molecule has 106 valence electrons. The van der Waals surface area contributed by atoms with Gasteiger partial charge in [-0.05, 0) is 54.3 Å². The van der Waals surface area contributed by atoms with Crippen LogP contribution in [0.1, 0.15) is 42.1 Å². The molecule has 0 radical (unpaired) electrons. The van der Waals surface area contributed by atoms with Gasteiger partial charge in [0.15, 0.2) is 0 Å². The van der Waals surface area contributed by atoms with Gasteiger partial charge in [0.2, 0.25) is 0 Å². The lowest BCUT2D eigenvalue weighted by molar-refractivity contribution is 0.627. The highest BCUT2D eigenvalue weighted by molar-refractivity contribution is 6.30. The maximum Gasteiger partial charge on any atom is 0.0579 e. The van der Waals surface area contributed by atoms with Crippen LogP contribution in [0.3, 0.4) is 0 Å². The first-order valence-corrected chi connectivity index (χ1v) is 7.61. The van der Waals surface area contributed by atoms with Crippen molar-refractivity contribution in [1.82, 2.24) is 5.32 Å². The highest BCUT2D eigenvalue weighted by Crippen LogP contribution is 2.27. The molecule has 0 saturated carbocycles. The predicted octanol–water partition coefficient (Wildman–Crippen LogP) is 4.91. The molecule has 2 rings (SSSR count). The number of aryl methyl sites for hydroxylation is 2. The molecule has 0 aliphatic carbocycles. The van der Waals surface area contributed by atoms with E-state index in [1.807, 2.05) is 6.07 Å². The van der Waals surface area contributed by atoms with Crippen molar-refractivity contribution in [3.8, 4) is 0 Å². The molecule has 0 aliphatic heterocycles. The average Bonchev–Trinajstić information content (AvgIpc) is 2.48. The van der Waals surface area contributed by atoms with Crippen LogP contribution in [0, 0.1) is 6.92 Å². The number of halogens is 1. The Balaban J connectivity index is 2.41. The predicted molar refractivity (Wildman–Crippen MR) is 87.5 cm³/mol. The number of nitrogens with one attached hydrogen (secondary N) is 1. The van der Waals surface area contributed by atoms with E-state index < -0.39 is 0 Å². The second-order valence-electron chi connectivity index (χ2n) is 5.09. The van der Waals surface area contributed by atoms with Crippen molar-refractivity contribution < 1.29 is 0 Å². The Kier molecular flexibility index (Phi) is 5.22. The van der Waals surface area contributed by atoms with E-state index in [-0.39, 0.29) is 6.04 Å². The highest BCUT2D eigenvalue weighted by Gasteiger charge is 2.15. The Morgan fingerprint density at radius 1 is 1.05 bits per heavy atom. The molecular formula is C18H22ClN. The normalized spacial score (nSPS) is 12.4. The van der Waals surface area contributed by atoms with E-state index in [9.17, 15) is 0 Å². The lowest BCUT2D eigenvalue weighted by Gasteiger charge is -2.21. The molecule has 1 N–H and O–H groups in total. The lowest BCUT2D eigenvalue weighted by Crippen LogP contribution is -2.22. The highest BCUT2D eigenvalue weighted by atomic mass is 35.5. The second kappa shape index (κ2) is 6.92. The molecular weight excluding hydrogens is 266 g/mol. The molecule has 0 heterocycles. The van der Waals surface area contributed by atoms with Crippen LogP contribution in [0.15, 0.2) is 42.5 Å². The van der Waals surface area contributed by atoms with Crippen molar-refractivity contribution in [1.29, 1.82) is 0 Å². The quantitative estimate of drug-likeness (QED) is 0.824. The number of rotatable bonds is 5. The summed E-state index contributed by atoms with van der Waals surface area (Å²) in [6.45, 7) is 7.37. The fourth-order valence-corrected chi connectivity index (χ4v) is 2.66. The van der Waals surface area contributed by atoms with E-state index in [4.69, 9.17) is 11.6 Å². The topological polar surface area (TPSA) is 12.0 Å². The molecule has 0 amide bonds. The van der Waals surface area contributed by atoms with Gasteiger partial charge in [0, 0.05) is 5.02 Å². The number of hydrogen-bond acceptors (Lipinski definition) is 1. The van der Waals surface area contributed by atoms with Crippen LogP contribution in [0.2, 0.25) is 5.02 Å². The van der Waals surface area contributed by atoms with Crippen LogP contribution in [0.5, 0.6) is 0 Å². The van der Waals surface area contributed by atoms with Gasteiger partial charge >= 0.3 is 0 Å². The maximum atomic E-state index is 6.17. The van der Waals surface area contributed by atoms with Crippen molar-refractivity contribution in [3.63, 3.8) is 0 Å². The third-order valence-corrected chi connectivity index (χ3v) is 3.92. The molecule has 0 fully saturated rings. The summed E-state index contributed by atoms with van der Waals surface area (Å²) in [6, 6.07) is 15.1. The van der Waals surface area contributed by atoms with E-state index in [0.717, 1.165) is 18.0 Å². The van der Waals surface area contributed by atoms with E-state index in [0.29, 0.717) is 0 Å². The Labute approximate surface area is 127 Å². The fraction of sp³-hybridized carbons (Fsp3) is 0.333. The van der Waals surface area contributed by atoms with Crippen LogP contribution in [-0.2, 0) is 6.42 Å². The minimum atomic E-state index is 0.199. The van der Waals surface area contributed by atoms with Gasteiger partial charge in [-0.25, -0.2) is 0 Å². The maximum absolute atomic E-state index is 6.17. The summed E-state index contributed by atoms with van der Waals surface area (Å²) in [4.78, 5) is 0. The Bertz CT molecular complexity index is 560. The average molecular weight is 288 g/mol. The van der Waals surface area contributed by atoms with Crippen LogP contribution in [0.25, 0.3) is 0 Å². The summed E-state index contributed by atoms with van der Waals surface area (Å²) in [5, 5.41) is 4.35. The zero-order valence-corrected chi connectivity index (χ0v) is 13.2. The summed E-state index contributed by atoms with van der Waals surface area (Å²) in [5.41, 5.74) is 5.17. The Morgan fingerprint density at radius 3 is 2.35 bits per heavy atom. The van der Waals surface area contributed by atoms with Gasteiger partial charge in [0.25, 0.3) is 0 Å². The number of benzene rings is 2. The summed E-state index contributed by atoms with van der Waals surface area (Å²) >= 11 is 6.17. The summed E-state index contributed by atoms with van der Waals surface area (Å²) in [6.07, 6.45) is 1.07. The second-order valence-corrected chi connectivity index (χ2v) is 5.52. The van der Waals surface area contributed by atoms with Gasteiger partial charge in [-0.15, -0.1) is 0 Å². The van der Waals surface area contributed by atoms with Crippen molar-refractivity contribution in [3.05, 3.63) is 69.7 Å². The zero-order chi connectivity index (χ0) is 14.5. The van der Waals surface area contributed by atoms with Gasteiger partial charge in [0.1, 0.15) is 0 Å². The van der Waals surface area contributed by atoms with Crippen LogP contribution < -0.4 is 5.32 Å². The van der Waals surface area contributed by atoms with Crippen molar-refractivity contribution >= 4 is 11.6 Å². The molecule has 1 unspecified atom stereocenters. The van der Waals surface area contributed by atoms with Gasteiger partial charge < -0.3 is 5.32 Å². The van der Waals surface area contributed by atoms with Gasteiger partial charge in [-0.1, -0.05) is 55.8 Å². The van der Waals surface area contributed by atoms with Gasteiger partial charge in [0.05, 0.1) is 6.04 Å². The van der Waals surface area contributed by atoms with E-state index in [2.05, 4.69) is 62.5 Å². The first kappa shape index (κ1) is 15.1. The third-order valence-electron chi connectivity index (χ3n) is 3.68. The molecule has 2 heteroatoms. The van der Waals surface area contributed by atoms with Crippen molar-refractivity contribution in [2.75, 3.05) is 6.54 Å². The minimum Gasteiger partial charge on any atom is -0.307 e. The van der Waals surface area contributed by atoms with Crippen LogP contribution in [-0.4, -0.2) is 6.54 Å². The first-order valence-electron chi connectivity index (χ1n) is 7.24. The first-order chi connectivity index (χ1) is 9.65. The van der Waals surface area contributed by atoms with E-state index >= 15 is 0 Å². The zero-order valence-electron chi connectivity index (χ0n) is 12.4.